The molecule has 1 heterocycles. The van der Waals surface area contributed by atoms with Gasteiger partial charge in [0.25, 0.3) is 0 Å². The molecule has 0 spiro atoms. The maximum Gasteiger partial charge on any atom is 0.00855 e. The van der Waals surface area contributed by atoms with E-state index in [1.165, 1.54) is 35.4 Å². The lowest BCUT2D eigenvalue weighted by Gasteiger charge is -1.93. The summed E-state index contributed by atoms with van der Waals surface area (Å²) < 4.78 is 0. The minimum atomic E-state index is 1.17. The third-order valence-corrected chi connectivity index (χ3v) is 3.16. The van der Waals surface area contributed by atoms with Gasteiger partial charge in [-0.2, -0.15) is 0 Å². The fourth-order valence-electron chi connectivity index (χ4n) is 1.14. The number of hydrogen-bond donors (Lipinski definition) is 0. The molecule has 0 atom stereocenters. The van der Waals surface area contributed by atoms with Gasteiger partial charge in [-0.25, -0.2) is 0 Å². The Labute approximate surface area is 79.6 Å². The lowest BCUT2D eigenvalue weighted by Crippen LogP contribution is -1.75. The van der Waals surface area contributed by atoms with Crippen LogP contribution in [0.3, 0.4) is 0 Å². The van der Waals surface area contributed by atoms with E-state index in [1.807, 2.05) is 11.3 Å². The molecule has 0 bridgehead atoms. The van der Waals surface area contributed by atoms with Gasteiger partial charge in [0.05, 0.1) is 0 Å². The van der Waals surface area contributed by atoms with E-state index in [0.29, 0.717) is 0 Å². The number of aryl methyl sites for hydroxylation is 1. The van der Waals surface area contributed by atoms with E-state index in [2.05, 4.69) is 32.4 Å². The predicted octanol–water partition coefficient (Wildman–Crippen LogP) is 4.05. The van der Waals surface area contributed by atoms with Crippen LogP contribution in [0, 0.1) is 6.42 Å². The van der Waals surface area contributed by atoms with Crippen LogP contribution < -0.4 is 0 Å². The van der Waals surface area contributed by atoms with Gasteiger partial charge in [0.2, 0.25) is 0 Å². The minimum Gasteiger partial charge on any atom is -0.145 e. The second kappa shape index (κ2) is 5.36. The van der Waals surface area contributed by atoms with Crippen LogP contribution in [-0.4, -0.2) is 0 Å². The first kappa shape index (κ1) is 9.79. The van der Waals surface area contributed by atoms with Gasteiger partial charge in [0.1, 0.15) is 0 Å². The van der Waals surface area contributed by atoms with Crippen LogP contribution in [0.5, 0.6) is 0 Å². The molecular weight excluding hydrogens is 164 g/mol. The molecule has 0 amide bonds. The molecule has 67 valence electrons. The van der Waals surface area contributed by atoms with E-state index >= 15 is 0 Å². The highest BCUT2D eigenvalue weighted by Crippen LogP contribution is 2.20. The van der Waals surface area contributed by atoms with E-state index in [0.717, 1.165) is 0 Å². The average Bonchev–Trinajstić information content (AvgIpc) is 2.53. The van der Waals surface area contributed by atoms with Crippen molar-refractivity contribution in [3.63, 3.8) is 0 Å². The van der Waals surface area contributed by atoms with E-state index < -0.39 is 0 Å². The summed E-state index contributed by atoms with van der Waals surface area (Å²) in [6.07, 6.45) is 7.38. The van der Waals surface area contributed by atoms with Crippen molar-refractivity contribution in [3.05, 3.63) is 28.3 Å². The molecule has 0 unspecified atom stereocenters. The molecule has 0 aliphatic carbocycles. The van der Waals surface area contributed by atoms with Crippen molar-refractivity contribution in [2.75, 3.05) is 0 Å². The van der Waals surface area contributed by atoms with E-state index in [-0.39, 0.29) is 0 Å². The van der Waals surface area contributed by atoms with Crippen molar-refractivity contribution in [1.82, 2.24) is 0 Å². The van der Waals surface area contributed by atoms with Crippen LogP contribution in [0.2, 0.25) is 0 Å². The number of hydrogen-bond acceptors (Lipinski definition) is 1. The van der Waals surface area contributed by atoms with Crippen LogP contribution in [0.15, 0.2) is 12.1 Å². The van der Waals surface area contributed by atoms with Crippen LogP contribution >= 0.6 is 11.3 Å². The molecule has 0 aliphatic rings. The maximum absolute atomic E-state index is 2.35. The Morgan fingerprint density at radius 3 is 2.75 bits per heavy atom. The van der Waals surface area contributed by atoms with Crippen molar-refractivity contribution >= 4 is 11.3 Å². The van der Waals surface area contributed by atoms with Gasteiger partial charge in [-0.15, -0.1) is 11.3 Å². The molecule has 1 aromatic heterocycles. The lowest BCUT2D eigenvalue weighted by atomic mass is 10.2. The number of thiophene rings is 1. The Bertz CT molecular complexity index is 213. The smallest absolute Gasteiger partial charge is 0.00855 e. The zero-order valence-corrected chi connectivity index (χ0v) is 8.79. The summed E-state index contributed by atoms with van der Waals surface area (Å²) >= 11 is 1.93. The molecule has 0 N–H and O–H groups in total. The Balaban J connectivity index is 2.31. The van der Waals surface area contributed by atoms with Gasteiger partial charge < -0.3 is 0 Å². The van der Waals surface area contributed by atoms with Crippen molar-refractivity contribution in [2.45, 2.75) is 39.5 Å². The van der Waals surface area contributed by atoms with Gasteiger partial charge in [-0.1, -0.05) is 26.7 Å². The molecule has 1 rings (SSSR count). The monoisotopic (exact) mass is 181 g/mol. The zero-order chi connectivity index (χ0) is 8.81. The summed E-state index contributed by atoms with van der Waals surface area (Å²) in [6.45, 7) is 4.45. The maximum atomic E-state index is 2.35. The van der Waals surface area contributed by atoms with Crippen molar-refractivity contribution < 1.29 is 0 Å². The van der Waals surface area contributed by atoms with E-state index in [9.17, 15) is 0 Å². The second-order valence-electron chi connectivity index (χ2n) is 3.00. The summed E-state index contributed by atoms with van der Waals surface area (Å²) in [5.74, 6) is 0. The molecule has 0 saturated heterocycles. The largest absolute Gasteiger partial charge is 0.145 e. The summed E-state index contributed by atoms with van der Waals surface area (Å²) in [5, 5.41) is 0. The van der Waals surface area contributed by atoms with Gasteiger partial charge in [-0.3, -0.25) is 0 Å². The van der Waals surface area contributed by atoms with E-state index in [4.69, 9.17) is 0 Å². The van der Waals surface area contributed by atoms with Crippen molar-refractivity contribution in [3.8, 4) is 0 Å². The molecule has 0 saturated carbocycles. The molecule has 1 heteroatoms. The molecular formula is C11H17S. The van der Waals surface area contributed by atoms with Crippen LogP contribution in [-0.2, 0) is 6.42 Å². The minimum absolute atomic E-state index is 1.17. The predicted molar refractivity (Wildman–Crippen MR) is 56.6 cm³/mol. The highest BCUT2D eigenvalue weighted by atomic mass is 32.1. The second-order valence-corrected chi connectivity index (χ2v) is 4.20. The average molecular weight is 181 g/mol. The van der Waals surface area contributed by atoms with Crippen LogP contribution in [0.1, 0.15) is 42.9 Å². The van der Waals surface area contributed by atoms with Crippen molar-refractivity contribution in [1.29, 1.82) is 0 Å². The SMILES string of the molecule is CCCC[CH]c1ccc(CC)s1. The molecule has 1 aromatic rings. The van der Waals surface area contributed by atoms with Crippen LogP contribution in [0.4, 0.5) is 0 Å². The first-order valence-electron chi connectivity index (χ1n) is 4.78. The zero-order valence-electron chi connectivity index (χ0n) is 7.97. The van der Waals surface area contributed by atoms with Gasteiger partial charge in [0.15, 0.2) is 0 Å². The lowest BCUT2D eigenvalue weighted by molar-refractivity contribution is 0.793. The molecule has 0 aliphatic heterocycles. The third-order valence-electron chi connectivity index (χ3n) is 1.93. The third kappa shape index (κ3) is 2.98. The first-order valence-corrected chi connectivity index (χ1v) is 5.60. The summed E-state index contributed by atoms with van der Waals surface area (Å²) in [6, 6.07) is 4.47. The van der Waals surface area contributed by atoms with Crippen LogP contribution in [0.25, 0.3) is 0 Å². The number of rotatable bonds is 5. The molecule has 0 aromatic carbocycles. The Morgan fingerprint density at radius 1 is 1.33 bits per heavy atom. The van der Waals surface area contributed by atoms with Gasteiger partial charge in [-0.05, 0) is 25.0 Å². The fraction of sp³-hybridized carbons (Fsp3) is 0.545. The Kier molecular flexibility index (Phi) is 4.37. The fourth-order valence-corrected chi connectivity index (χ4v) is 2.06. The normalized spacial score (nSPS) is 10.5. The molecule has 1 radical (unpaired) electrons. The summed E-state index contributed by atoms with van der Waals surface area (Å²) in [4.78, 5) is 2.94. The first-order chi connectivity index (χ1) is 5.86. The standard InChI is InChI=1S/C11H17S/c1-3-5-6-7-11-9-8-10(4-2)12-11/h7-9H,3-6H2,1-2H3. The quantitative estimate of drug-likeness (QED) is 0.601. The summed E-state index contributed by atoms with van der Waals surface area (Å²) in [7, 11) is 0. The van der Waals surface area contributed by atoms with E-state index in [1.54, 1.807) is 0 Å². The molecule has 12 heavy (non-hydrogen) atoms. The molecule has 0 fully saturated rings. The molecule has 0 nitrogen and oxygen atoms in total. The van der Waals surface area contributed by atoms with Crippen molar-refractivity contribution in [2.24, 2.45) is 0 Å². The van der Waals surface area contributed by atoms with Gasteiger partial charge in [0, 0.05) is 16.2 Å². The summed E-state index contributed by atoms with van der Waals surface area (Å²) in [5.41, 5.74) is 0. The highest BCUT2D eigenvalue weighted by molar-refractivity contribution is 7.12. The van der Waals surface area contributed by atoms with Gasteiger partial charge >= 0.3 is 0 Å². The highest BCUT2D eigenvalue weighted by Gasteiger charge is 1.97. The Hall–Kier alpha value is -0.300. The Morgan fingerprint density at radius 2 is 2.17 bits per heavy atom. The topological polar surface area (TPSA) is 0 Å². The number of unbranched alkanes of at least 4 members (excludes halogenated alkanes) is 2.